The number of benzene rings is 1. The van der Waals surface area contributed by atoms with Gasteiger partial charge in [0.2, 0.25) is 5.91 Å². The lowest BCUT2D eigenvalue weighted by molar-refractivity contribution is -0.115. The fourth-order valence-electron chi connectivity index (χ4n) is 1.95. The third-order valence-corrected chi connectivity index (χ3v) is 6.00. The Morgan fingerprint density at radius 2 is 2.00 bits per heavy atom. The molecule has 0 atom stereocenters. The molecule has 0 aliphatic rings. The van der Waals surface area contributed by atoms with Crippen molar-refractivity contribution in [3.05, 3.63) is 50.9 Å². The summed E-state index contributed by atoms with van der Waals surface area (Å²) in [5.41, 5.74) is 2.95. The van der Waals surface area contributed by atoms with Crippen LogP contribution in [0.1, 0.15) is 21.3 Å². The molecular formula is C16H16N4OS3. The molecule has 0 unspecified atom stereocenters. The number of nitrogens with one attached hydrogen (secondary N) is 1. The lowest BCUT2D eigenvalue weighted by atomic mass is 10.2. The quantitative estimate of drug-likeness (QED) is 0.657. The normalized spacial score (nSPS) is 10.8. The molecule has 1 aromatic carbocycles. The number of aromatic nitrogens is 3. The number of thiazole rings is 1. The van der Waals surface area contributed by atoms with Crippen molar-refractivity contribution in [2.45, 2.75) is 30.4 Å². The molecule has 0 spiro atoms. The summed E-state index contributed by atoms with van der Waals surface area (Å²) in [4.78, 5) is 16.6. The van der Waals surface area contributed by atoms with Gasteiger partial charge in [-0.05, 0) is 26.0 Å². The van der Waals surface area contributed by atoms with Crippen LogP contribution in [-0.4, -0.2) is 21.1 Å². The van der Waals surface area contributed by atoms with E-state index in [0.29, 0.717) is 6.42 Å². The van der Waals surface area contributed by atoms with E-state index in [1.54, 1.807) is 23.1 Å². The van der Waals surface area contributed by atoms with Gasteiger partial charge in [0.05, 0.1) is 12.1 Å². The number of anilines is 1. The molecule has 0 aliphatic carbocycles. The summed E-state index contributed by atoms with van der Waals surface area (Å²) in [6.07, 6.45) is 0.293. The first-order valence-electron chi connectivity index (χ1n) is 7.31. The fraction of sp³-hybridized carbons (Fsp3) is 0.250. The lowest BCUT2D eigenvalue weighted by Crippen LogP contribution is -2.14. The Labute approximate surface area is 152 Å². The summed E-state index contributed by atoms with van der Waals surface area (Å²) in [5, 5.41) is 14.8. The zero-order chi connectivity index (χ0) is 16.9. The molecule has 0 radical (unpaired) electrons. The van der Waals surface area contributed by atoms with Gasteiger partial charge in [0.15, 0.2) is 4.34 Å². The Balaban J connectivity index is 1.51. The van der Waals surface area contributed by atoms with E-state index in [1.807, 2.05) is 43.5 Å². The fourth-order valence-corrected chi connectivity index (χ4v) is 4.55. The molecule has 0 aliphatic heterocycles. The number of thioether (sulfide) groups is 1. The molecule has 0 saturated heterocycles. The highest BCUT2D eigenvalue weighted by molar-refractivity contribution is 8.00. The zero-order valence-corrected chi connectivity index (χ0v) is 15.7. The maximum atomic E-state index is 12.1. The van der Waals surface area contributed by atoms with E-state index in [2.05, 4.69) is 20.5 Å². The minimum Gasteiger partial charge on any atom is -0.326 e. The summed E-state index contributed by atoms with van der Waals surface area (Å²) >= 11 is 4.71. The molecule has 0 saturated carbocycles. The van der Waals surface area contributed by atoms with Crippen molar-refractivity contribution in [1.82, 2.24) is 15.2 Å². The second kappa shape index (κ2) is 7.87. The summed E-state index contributed by atoms with van der Waals surface area (Å²) < 4.78 is 0.944. The maximum absolute atomic E-state index is 12.1. The van der Waals surface area contributed by atoms with Crippen LogP contribution in [0.5, 0.6) is 0 Å². The summed E-state index contributed by atoms with van der Waals surface area (Å²) in [6.45, 7) is 3.96. The van der Waals surface area contributed by atoms with E-state index in [-0.39, 0.29) is 5.91 Å². The third-order valence-electron chi connectivity index (χ3n) is 3.10. The molecule has 1 N–H and O–H groups in total. The Bertz CT molecular complexity index is 826. The molecule has 3 rings (SSSR count). The Morgan fingerprint density at radius 1 is 1.21 bits per heavy atom. The van der Waals surface area contributed by atoms with Gasteiger partial charge in [-0.1, -0.05) is 40.8 Å². The Hall–Kier alpha value is -1.77. The maximum Gasteiger partial charge on any atom is 0.231 e. The first-order chi connectivity index (χ1) is 11.6. The molecule has 3 aromatic rings. The molecule has 24 heavy (non-hydrogen) atoms. The van der Waals surface area contributed by atoms with Crippen molar-refractivity contribution in [3.63, 3.8) is 0 Å². The average molecular weight is 377 g/mol. The average Bonchev–Trinajstić information content (AvgIpc) is 3.16. The van der Waals surface area contributed by atoms with Crippen LogP contribution >= 0.6 is 34.4 Å². The van der Waals surface area contributed by atoms with Crippen LogP contribution in [-0.2, 0) is 17.0 Å². The van der Waals surface area contributed by atoms with Gasteiger partial charge in [0.25, 0.3) is 0 Å². The number of amides is 1. The van der Waals surface area contributed by atoms with Gasteiger partial charge in [-0.25, -0.2) is 4.98 Å². The van der Waals surface area contributed by atoms with Crippen molar-refractivity contribution in [3.8, 4) is 0 Å². The van der Waals surface area contributed by atoms with Crippen molar-refractivity contribution in [1.29, 1.82) is 0 Å². The second-order valence-corrected chi connectivity index (χ2v) is 8.55. The number of carbonyl (C=O) groups excluding carboxylic acids is 1. The van der Waals surface area contributed by atoms with Crippen LogP contribution in [0, 0.1) is 13.8 Å². The van der Waals surface area contributed by atoms with Crippen LogP contribution in [0.2, 0.25) is 0 Å². The van der Waals surface area contributed by atoms with Crippen molar-refractivity contribution < 1.29 is 4.79 Å². The van der Waals surface area contributed by atoms with E-state index >= 15 is 0 Å². The highest BCUT2D eigenvalue weighted by atomic mass is 32.2. The van der Waals surface area contributed by atoms with Crippen LogP contribution < -0.4 is 5.32 Å². The number of nitrogens with zero attached hydrogens (tertiary/aromatic N) is 3. The van der Waals surface area contributed by atoms with Gasteiger partial charge in [0, 0.05) is 16.8 Å². The van der Waals surface area contributed by atoms with E-state index in [4.69, 9.17) is 0 Å². The first kappa shape index (κ1) is 17.1. The van der Waals surface area contributed by atoms with Crippen LogP contribution in [0.25, 0.3) is 0 Å². The van der Waals surface area contributed by atoms with Gasteiger partial charge >= 0.3 is 0 Å². The smallest absolute Gasteiger partial charge is 0.231 e. The third kappa shape index (κ3) is 4.86. The van der Waals surface area contributed by atoms with Gasteiger partial charge in [-0.2, -0.15) is 0 Å². The standard InChI is InChI=1S/C16H16N4OS3/c1-10-3-5-12(6-4-10)17-14(21)7-15-18-13(8-22-15)9-23-16-20-19-11(2)24-16/h3-6,8H,7,9H2,1-2H3,(H,17,21). The molecule has 2 aromatic heterocycles. The number of carbonyl (C=O) groups is 1. The molecule has 8 heteroatoms. The molecule has 124 valence electrons. The predicted molar refractivity (Wildman–Crippen MR) is 99.8 cm³/mol. The van der Waals surface area contributed by atoms with Crippen molar-refractivity contribution >= 4 is 46.0 Å². The molecule has 0 fully saturated rings. The van der Waals surface area contributed by atoms with Gasteiger partial charge in [0.1, 0.15) is 10.0 Å². The lowest BCUT2D eigenvalue weighted by Gasteiger charge is -2.04. The highest BCUT2D eigenvalue weighted by Crippen LogP contribution is 2.26. The Morgan fingerprint density at radius 3 is 2.71 bits per heavy atom. The highest BCUT2D eigenvalue weighted by Gasteiger charge is 2.10. The predicted octanol–water partition coefficient (Wildman–Crippen LogP) is 4.08. The minimum absolute atomic E-state index is 0.0489. The van der Waals surface area contributed by atoms with Crippen molar-refractivity contribution in [2.24, 2.45) is 0 Å². The van der Waals surface area contributed by atoms with E-state index in [9.17, 15) is 4.79 Å². The molecule has 2 heterocycles. The summed E-state index contributed by atoms with van der Waals surface area (Å²) in [6, 6.07) is 7.76. The second-order valence-electron chi connectivity index (χ2n) is 5.20. The van der Waals surface area contributed by atoms with Crippen LogP contribution in [0.4, 0.5) is 5.69 Å². The SMILES string of the molecule is Cc1ccc(NC(=O)Cc2nc(CSc3nnc(C)s3)cs2)cc1. The topological polar surface area (TPSA) is 67.8 Å². The van der Waals surface area contributed by atoms with E-state index in [0.717, 1.165) is 31.5 Å². The molecule has 0 bridgehead atoms. The van der Waals surface area contributed by atoms with Crippen molar-refractivity contribution in [2.75, 3.05) is 5.32 Å². The van der Waals surface area contributed by atoms with Crippen LogP contribution in [0.3, 0.4) is 0 Å². The van der Waals surface area contributed by atoms with E-state index in [1.165, 1.54) is 16.9 Å². The van der Waals surface area contributed by atoms with E-state index < -0.39 is 0 Å². The number of hydrogen-bond acceptors (Lipinski definition) is 7. The molecule has 1 amide bonds. The van der Waals surface area contributed by atoms with Gasteiger partial charge < -0.3 is 5.32 Å². The number of rotatable bonds is 6. The summed E-state index contributed by atoms with van der Waals surface area (Å²) in [7, 11) is 0. The van der Waals surface area contributed by atoms with Gasteiger partial charge in [-0.3, -0.25) is 4.79 Å². The Kier molecular flexibility index (Phi) is 5.60. The van der Waals surface area contributed by atoms with Crippen LogP contribution in [0.15, 0.2) is 34.0 Å². The zero-order valence-electron chi connectivity index (χ0n) is 13.3. The number of hydrogen-bond donors (Lipinski definition) is 1. The summed E-state index contributed by atoms with van der Waals surface area (Å²) in [5.74, 6) is 0.692. The molecule has 5 nitrogen and oxygen atoms in total. The first-order valence-corrected chi connectivity index (χ1v) is 9.99. The largest absolute Gasteiger partial charge is 0.326 e. The monoisotopic (exact) mass is 376 g/mol. The number of aryl methyl sites for hydroxylation is 2. The molecular weight excluding hydrogens is 360 g/mol. The van der Waals surface area contributed by atoms with Gasteiger partial charge in [-0.15, -0.1) is 21.5 Å². The minimum atomic E-state index is -0.0489.